The van der Waals surface area contributed by atoms with Gasteiger partial charge in [-0.2, -0.15) is 17.6 Å². The van der Waals surface area contributed by atoms with Gasteiger partial charge in [0, 0.05) is 36.5 Å². The summed E-state index contributed by atoms with van der Waals surface area (Å²) in [6.07, 6.45) is -3.86. The summed E-state index contributed by atoms with van der Waals surface area (Å²) in [5, 5.41) is 73.8. The number of carboxylic acid groups (broad SMARTS) is 5. The van der Waals surface area contributed by atoms with Gasteiger partial charge in [0.25, 0.3) is 11.5 Å². The topological polar surface area (TPSA) is 533 Å². The summed E-state index contributed by atoms with van der Waals surface area (Å²) in [4.78, 5) is 165. The third-order valence-electron chi connectivity index (χ3n) is 10.2. The molecule has 19 N–H and O–H groups in total. The van der Waals surface area contributed by atoms with Crippen LogP contribution in [0.3, 0.4) is 0 Å². The summed E-state index contributed by atoms with van der Waals surface area (Å²) in [7, 11) is 0. The number of benzene rings is 1. The maximum absolute atomic E-state index is 13.9. The molecule has 0 radical (unpaired) electrons. The number of H-pyrrole nitrogens is 1. The first kappa shape index (κ1) is 59.3. The van der Waals surface area contributed by atoms with Crippen molar-refractivity contribution in [2.45, 2.75) is 87.2 Å². The lowest BCUT2D eigenvalue weighted by molar-refractivity contribution is -0.144. The van der Waals surface area contributed by atoms with Crippen LogP contribution in [0, 0.1) is 5.41 Å². The maximum Gasteiger partial charge on any atom is 0.327 e. The van der Waals surface area contributed by atoms with Crippen LogP contribution in [0.4, 0.5) is 11.6 Å². The highest BCUT2D eigenvalue weighted by Gasteiger charge is 2.39. The molecule has 0 saturated heterocycles. The first-order valence-corrected chi connectivity index (χ1v) is 22.4. The van der Waals surface area contributed by atoms with E-state index in [-0.39, 0.29) is 48.5 Å². The predicted octanol–water partition coefficient (Wildman–Crippen LogP) is -4.96. The number of nitrogens with zero attached hydrogens (tertiary/aromatic N) is 3. The second-order valence-electron chi connectivity index (χ2n) is 16.0. The van der Waals surface area contributed by atoms with Crippen molar-refractivity contribution in [2.75, 3.05) is 29.9 Å². The highest BCUT2D eigenvalue weighted by molar-refractivity contribution is 7.80. The van der Waals surface area contributed by atoms with Crippen LogP contribution in [0.5, 0.6) is 0 Å². The lowest BCUT2D eigenvalue weighted by Gasteiger charge is -2.32. The molecule has 3 aromatic rings. The summed E-state index contributed by atoms with van der Waals surface area (Å²) in [6, 6.07) is -3.23. The van der Waals surface area contributed by atoms with Crippen molar-refractivity contribution in [3.8, 4) is 0 Å². The molecule has 1 aromatic carbocycles. The number of aromatic nitrogens is 4. The largest absolute Gasteiger partial charge is 0.481 e. The van der Waals surface area contributed by atoms with E-state index in [9.17, 15) is 83.1 Å². The number of carbonyl (C=O) groups is 11. The number of rotatable bonds is 32. The molecule has 32 nitrogen and oxygen atoms in total. The van der Waals surface area contributed by atoms with Gasteiger partial charge in [-0.1, -0.05) is 0 Å². The van der Waals surface area contributed by atoms with Crippen LogP contribution in [-0.4, -0.2) is 172 Å². The first-order chi connectivity index (χ1) is 34.8. The first-order valence-electron chi connectivity index (χ1n) is 21.7. The van der Waals surface area contributed by atoms with Crippen LogP contribution >= 0.6 is 12.6 Å². The number of amides is 5. The molecule has 0 aliphatic carbocycles. The van der Waals surface area contributed by atoms with Gasteiger partial charge in [-0.05, 0) is 43.5 Å². The van der Waals surface area contributed by atoms with Gasteiger partial charge in [-0.3, -0.25) is 53.5 Å². The number of anilines is 2. The molecular formula is C41H53N15O17S. The third-order valence-corrected chi connectivity index (χ3v) is 10.6. The molecule has 0 saturated carbocycles. The number of nitrogens with one attached hydrogen (secondary N) is 10. The molecule has 2 aromatic heterocycles. The average Bonchev–Trinajstić information content (AvgIpc) is 3.32. The average molecular weight is 1060 g/mol. The van der Waals surface area contributed by atoms with Crippen LogP contribution in [0.1, 0.15) is 61.0 Å². The van der Waals surface area contributed by atoms with Gasteiger partial charge in [0.05, 0.1) is 43.7 Å². The lowest BCUT2D eigenvalue weighted by Crippen LogP contribution is -2.64. The molecular weight excluding hydrogens is 1010 g/mol. The number of thiol groups is 1. The van der Waals surface area contributed by atoms with E-state index in [4.69, 9.17) is 16.9 Å². The minimum Gasteiger partial charge on any atom is -0.481 e. The zero-order valence-electron chi connectivity index (χ0n) is 38.7. The number of guanidine groups is 1. The number of aldehydes is 1. The van der Waals surface area contributed by atoms with Crippen molar-refractivity contribution in [3.05, 3.63) is 52.1 Å². The highest BCUT2D eigenvalue weighted by Crippen LogP contribution is 2.14. The Balaban J connectivity index is 1.73. The van der Waals surface area contributed by atoms with Gasteiger partial charge < -0.3 is 84.3 Å². The molecule has 0 spiro atoms. The maximum atomic E-state index is 13.9. The number of carboxylic acids is 5. The number of carbonyl (C=O) groups excluding carboxylic acids is 6. The molecule has 5 amide bonds. The van der Waals surface area contributed by atoms with Gasteiger partial charge in [0.2, 0.25) is 29.6 Å². The lowest BCUT2D eigenvalue weighted by atomic mass is 9.94. The second kappa shape index (κ2) is 28.1. The number of fused-ring (bicyclic) bond motifs is 1. The number of aromatic amines is 1. The van der Waals surface area contributed by atoms with Crippen molar-refractivity contribution < 1.29 is 78.3 Å². The number of hydrogen-bond donors (Lipinski definition) is 18. The van der Waals surface area contributed by atoms with Gasteiger partial charge in [-0.15, -0.1) is 0 Å². The van der Waals surface area contributed by atoms with E-state index in [1.54, 1.807) is 0 Å². The Morgan fingerprint density at radius 3 is 1.99 bits per heavy atom. The second-order valence-corrected chi connectivity index (χ2v) is 16.4. The Hall–Kier alpha value is -9.01. The fourth-order valence-corrected chi connectivity index (χ4v) is 6.79. The Kier molecular flexibility index (Phi) is 22.5. The zero-order chi connectivity index (χ0) is 55.3. The zero-order valence-corrected chi connectivity index (χ0v) is 39.6. The number of nitrogen functional groups attached to an aromatic ring is 1. The fourth-order valence-electron chi connectivity index (χ4n) is 6.54. The van der Waals surface area contributed by atoms with Crippen molar-refractivity contribution in [1.82, 2.24) is 57.2 Å². The molecule has 6 atom stereocenters. The van der Waals surface area contributed by atoms with E-state index in [2.05, 4.69) is 69.8 Å². The highest BCUT2D eigenvalue weighted by atomic mass is 32.1. The van der Waals surface area contributed by atoms with Crippen molar-refractivity contribution >= 4 is 107 Å². The van der Waals surface area contributed by atoms with Gasteiger partial charge >= 0.3 is 29.8 Å². The van der Waals surface area contributed by atoms with Gasteiger partial charge in [0.15, 0.2) is 17.1 Å². The molecule has 0 bridgehead atoms. The third kappa shape index (κ3) is 19.3. The fraction of sp³-hybridized carbons (Fsp3) is 0.415. The number of hydrogen-bond acceptors (Lipinski definition) is 20. The molecule has 74 heavy (non-hydrogen) atoms. The normalized spacial score (nSPS) is 13.7. The van der Waals surface area contributed by atoms with Gasteiger partial charge in [-0.25, -0.2) is 19.6 Å². The summed E-state index contributed by atoms with van der Waals surface area (Å²) < 4.78 is 0. The Bertz CT molecular complexity index is 2670. The van der Waals surface area contributed by atoms with E-state index in [0.717, 1.165) is 0 Å². The number of nitrogens with two attached hydrogens (primary N) is 2. The van der Waals surface area contributed by atoms with E-state index in [1.807, 2.05) is 5.32 Å². The SMILES string of the molecule is N=C(N)NCCC[C@H](NC(=O)[C@H](CC(=O)O)NC(=O)CC[C@H](NC(=O)c1ccc(NCc2cnc3nc(N)[nH]c(=O)c3n2)cc1)C(=O)O)C(=O)N[C@](C=O)(CN[C@@H](CC(=O)O)C(=O)N[C@@H](CS)C(=O)O)CC(=O)O. The van der Waals surface area contributed by atoms with E-state index < -0.39 is 157 Å². The molecule has 2 heterocycles. The van der Waals surface area contributed by atoms with Crippen molar-refractivity contribution in [1.29, 1.82) is 5.41 Å². The quantitative estimate of drug-likeness (QED) is 0.00915. The molecule has 0 fully saturated rings. The number of aliphatic carboxylic acids is 5. The Morgan fingerprint density at radius 2 is 1.41 bits per heavy atom. The van der Waals surface area contributed by atoms with Gasteiger partial charge in [0.1, 0.15) is 36.0 Å². The monoisotopic (exact) mass is 1060 g/mol. The summed E-state index contributed by atoms with van der Waals surface area (Å²) in [6.45, 7) is -1.00. The van der Waals surface area contributed by atoms with Crippen LogP contribution in [-0.2, 0) is 54.5 Å². The molecule has 0 aliphatic heterocycles. The summed E-state index contributed by atoms with van der Waals surface area (Å²) in [5.74, 6) is -14.9. The van der Waals surface area contributed by atoms with Crippen LogP contribution in [0.25, 0.3) is 11.2 Å². The smallest absolute Gasteiger partial charge is 0.327 e. The molecule has 0 unspecified atom stereocenters. The minimum absolute atomic E-state index is 0.00391. The van der Waals surface area contributed by atoms with Crippen molar-refractivity contribution in [3.63, 3.8) is 0 Å². The van der Waals surface area contributed by atoms with E-state index in [0.29, 0.717) is 11.4 Å². The Labute approximate surface area is 421 Å². The van der Waals surface area contributed by atoms with Crippen molar-refractivity contribution in [2.24, 2.45) is 5.73 Å². The van der Waals surface area contributed by atoms with Crippen LogP contribution < -0.4 is 59.6 Å². The van der Waals surface area contributed by atoms with E-state index >= 15 is 0 Å². The molecule has 33 heteroatoms. The standard InChI is InChI=1S/C41H53N15O17S/c42-39(43)45-9-1-2-21(35(68)56-41(17-57,12-29(63)64)16-48-23(10-27(59)60)33(66)53-25(15-74)38(72)73)51-34(67)24(11-28(61)62)50-26(58)8-7-22(37(70)71)52-32(65)18-3-5-19(6-4-18)46-13-20-14-47-31-30(49-20)36(69)55-40(44)54-31/h3-6,14,17,21-25,46,48,74H,1-2,7-13,15-16H2,(H,50,58)(H,51,67)(H,52,65)(H,53,66)(H,56,68)(H,59,60)(H,61,62)(H,63,64)(H,70,71)(H,72,73)(H4,42,43,45)(H3,44,47,54,55,69)/t21-,22-,23-,24-,25-,41-/m0/s1. The molecule has 400 valence electrons. The molecule has 0 aliphatic rings. The summed E-state index contributed by atoms with van der Waals surface area (Å²) in [5.41, 5.74) is 8.55. The minimum atomic E-state index is -2.52. The summed E-state index contributed by atoms with van der Waals surface area (Å²) >= 11 is 3.81. The van der Waals surface area contributed by atoms with Crippen LogP contribution in [0.2, 0.25) is 0 Å². The molecule has 3 rings (SSSR count). The van der Waals surface area contributed by atoms with Crippen LogP contribution in [0.15, 0.2) is 35.3 Å². The Morgan fingerprint density at radius 1 is 0.784 bits per heavy atom. The predicted molar refractivity (Wildman–Crippen MR) is 256 cm³/mol. The van der Waals surface area contributed by atoms with E-state index in [1.165, 1.54) is 30.5 Å².